The average molecular weight is 499 g/mol. The average Bonchev–Trinajstić information content (AvgIpc) is 3.55. The number of rotatable bonds is 8. The number of carbonyl (C=O) groups is 2. The van der Waals surface area contributed by atoms with Crippen LogP contribution in [0.15, 0.2) is 67.3 Å². The summed E-state index contributed by atoms with van der Waals surface area (Å²) in [6, 6.07) is 10.4. The quantitative estimate of drug-likeness (QED) is 0.378. The molecule has 0 aliphatic heterocycles. The van der Waals surface area contributed by atoms with Crippen molar-refractivity contribution in [2.24, 2.45) is 5.92 Å². The van der Waals surface area contributed by atoms with Crippen LogP contribution in [0.2, 0.25) is 0 Å². The van der Waals surface area contributed by atoms with Crippen molar-refractivity contribution < 1.29 is 27.9 Å². The van der Waals surface area contributed by atoms with E-state index in [9.17, 15) is 22.8 Å². The highest BCUT2D eigenvalue weighted by Gasteiger charge is 2.32. The molecule has 3 N–H and O–H groups in total. The molecular weight excluding hydrogens is 475 g/mol. The Labute approximate surface area is 204 Å². The molecule has 0 spiro atoms. The third kappa shape index (κ3) is 6.09. The number of alkyl halides is 3. The highest BCUT2D eigenvalue weighted by molar-refractivity contribution is 5.95. The van der Waals surface area contributed by atoms with Crippen LogP contribution < -0.4 is 10.6 Å². The minimum Gasteiger partial charge on any atom is -0.478 e. The molecule has 1 aliphatic carbocycles. The van der Waals surface area contributed by atoms with Crippen LogP contribution in [-0.2, 0) is 11.0 Å². The molecule has 1 aliphatic rings. The van der Waals surface area contributed by atoms with E-state index in [1.165, 1.54) is 0 Å². The van der Waals surface area contributed by atoms with Crippen molar-refractivity contribution in [2.45, 2.75) is 37.9 Å². The van der Waals surface area contributed by atoms with E-state index in [4.69, 9.17) is 5.11 Å². The van der Waals surface area contributed by atoms with E-state index < -0.39 is 23.6 Å². The maximum Gasteiger partial charge on any atom is 0.419 e. The zero-order valence-electron chi connectivity index (χ0n) is 19.1. The van der Waals surface area contributed by atoms with Crippen LogP contribution in [0.25, 0.3) is 5.82 Å². The molecule has 1 aromatic carbocycles. The molecule has 1 fully saturated rings. The first-order chi connectivity index (χ1) is 17.2. The highest BCUT2D eigenvalue weighted by Crippen LogP contribution is 2.38. The Morgan fingerprint density at radius 1 is 1.08 bits per heavy atom. The van der Waals surface area contributed by atoms with Gasteiger partial charge in [-0.25, -0.2) is 14.5 Å². The number of hydrogen-bond acceptors (Lipinski definition) is 5. The number of halogens is 3. The van der Waals surface area contributed by atoms with E-state index in [0.29, 0.717) is 17.2 Å². The Bertz CT molecular complexity index is 1230. The number of benzene rings is 1. The summed E-state index contributed by atoms with van der Waals surface area (Å²) in [6.07, 6.45) is 4.98. The van der Waals surface area contributed by atoms with Crippen molar-refractivity contribution in [2.75, 3.05) is 5.32 Å². The van der Waals surface area contributed by atoms with Crippen LogP contribution in [0.4, 0.5) is 18.9 Å². The lowest BCUT2D eigenvalue weighted by Crippen LogP contribution is -2.20. The van der Waals surface area contributed by atoms with Gasteiger partial charge in [0.05, 0.1) is 29.7 Å². The Morgan fingerprint density at radius 3 is 2.39 bits per heavy atom. The summed E-state index contributed by atoms with van der Waals surface area (Å²) < 4.78 is 39.6. The summed E-state index contributed by atoms with van der Waals surface area (Å²) in [6.45, 7) is 0. The van der Waals surface area contributed by atoms with Gasteiger partial charge in [0.15, 0.2) is 5.82 Å². The molecule has 4 rings (SSSR count). The SMILES string of the molecule is O=C(O)/C=C/NC(=O)c1ccc(C(Nc2ccc(-n3cc(C(F)(F)F)cn3)nc2)C2CCCC2)cc1. The van der Waals surface area contributed by atoms with E-state index in [1.807, 2.05) is 12.1 Å². The van der Waals surface area contributed by atoms with Crippen LogP contribution >= 0.6 is 0 Å². The normalized spacial score (nSPS) is 15.2. The number of carbonyl (C=O) groups excluding carboxylic acids is 1. The molecule has 1 unspecified atom stereocenters. The summed E-state index contributed by atoms with van der Waals surface area (Å²) >= 11 is 0. The van der Waals surface area contributed by atoms with Gasteiger partial charge in [0.1, 0.15) is 0 Å². The van der Waals surface area contributed by atoms with Gasteiger partial charge in [-0.3, -0.25) is 4.79 Å². The molecule has 11 heteroatoms. The predicted octanol–water partition coefficient (Wildman–Crippen LogP) is 4.96. The third-order valence-electron chi connectivity index (χ3n) is 6.06. The lowest BCUT2D eigenvalue weighted by atomic mass is 9.91. The van der Waals surface area contributed by atoms with E-state index in [-0.39, 0.29) is 11.9 Å². The van der Waals surface area contributed by atoms with Gasteiger partial charge < -0.3 is 15.7 Å². The van der Waals surface area contributed by atoms with Crippen LogP contribution in [0.1, 0.15) is 53.2 Å². The molecule has 188 valence electrons. The minimum atomic E-state index is -4.47. The lowest BCUT2D eigenvalue weighted by molar-refractivity contribution is -0.137. The number of aromatic nitrogens is 3. The Morgan fingerprint density at radius 2 is 1.81 bits per heavy atom. The van der Waals surface area contributed by atoms with Crippen molar-refractivity contribution in [3.63, 3.8) is 0 Å². The fourth-order valence-corrected chi connectivity index (χ4v) is 4.26. The van der Waals surface area contributed by atoms with Crippen molar-refractivity contribution >= 4 is 17.6 Å². The lowest BCUT2D eigenvalue weighted by Gasteiger charge is -2.26. The molecule has 36 heavy (non-hydrogen) atoms. The van der Waals surface area contributed by atoms with Crippen LogP contribution in [-0.4, -0.2) is 31.7 Å². The number of amides is 1. The van der Waals surface area contributed by atoms with E-state index >= 15 is 0 Å². The minimum absolute atomic E-state index is 0.0503. The molecule has 2 aromatic heterocycles. The van der Waals surface area contributed by atoms with E-state index in [0.717, 1.165) is 60.6 Å². The molecule has 3 aromatic rings. The second-order valence-electron chi connectivity index (χ2n) is 8.51. The largest absolute Gasteiger partial charge is 0.478 e. The summed E-state index contributed by atoms with van der Waals surface area (Å²) in [5.41, 5.74) is 1.23. The summed E-state index contributed by atoms with van der Waals surface area (Å²) in [4.78, 5) is 27.0. The Balaban J connectivity index is 1.49. The fourth-order valence-electron chi connectivity index (χ4n) is 4.26. The zero-order chi connectivity index (χ0) is 25.7. The number of anilines is 1. The number of nitrogens with one attached hydrogen (secondary N) is 2. The van der Waals surface area contributed by atoms with Crippen molar-refractivity contribution in [3.8, 4) is 5.82 Å². The van der Waals surface area contributed by atoms with Crippen molar-refractivity contribution in [3.05, 3.63) is 84.0 Å². The topological polar surface area (TPSA) is 109 Å². The number of carboxylic acid groups (broad SMARTS) is 1. The third-order valence-corrected chi connectivity index (χ3v) is 6.06. The van der Waals surface area contributed by atoms with Gasteiger partial charge in [0.2, 0.25) is 0 Å². The zero-order valence-corrected chi connectivity index (χ0v) is 19.1. The summed E-state index contributed by atoms with van der Waals surface area (Å²) in [7, 11) is 0. The monoisotopic (exact) mass is 499 g/mol. The van der Waals surface area contributed by atoms with Crippen molar-refractivity contribution in [1.29, 1.82) is 0 Å². The first kappa shape index (κ1) is 25.0. The maximum atomic E-state index is 12.9. The Kier molecular flexibility index (Phi) is 7.37. The number of pyridine rings is 1. The molecule has 0 bridgehead atoms. The van der Waals surface area contributed by atoms with Gasteiger partial charge in [0.25, 0.3) is 5.91 Å². The second kappa shape index (κ2) is 10.6. The van der Waals surface area contributed by atoms with Gasteiger partial charge >= 0.3 is 12.1 Å². The van der Waals surface area contributed by atoms with E-state index in [2.05, 4.69) is 20.7 Å². The second-order valence-corrected chi connectivity index (χ2v) is 8.51. The summed E-state index contributed by atoms with van der Waals surface area (Å²) in [5, 5.41) is 18.3. The van der Waals surface area contributed by atoms with E-state index in [1.54, 1.807) is 30.5 Å². The molecular formula is C25H24F3N5O3. The number of hydrogen-bond donors (Lipinski definition) is 3. The number of aliphatic carboxylic acids is 1. The molecule has 0 saturated heterocycles. The van der Waals surface area contributed by atoms with Gasteiger partial charge in [-0.15, -0.1) is 0 Å². The maximum absolute atomic E-state index is 12.9. The van der Waals surface area contributed by atoms with Gasteiger partial charge in [0, 0.05) is 24.0 Å². The molecule has 8 nitrogen and oxygen atoms in total. The van der Waals surface area contributed by atoms with Gasteiger partial charge in [-0.1, -0.05) is 25.0 Å². The molecule has 1 atom stereocenters. The standard InChI is InChI=1S/C25H24F3N5O3/c26-25(27,28)19-13-31-33(15-19)21-10-9-20(14-30-21)32-23(16-3-1-2-4-16)17-5-7-18(8-6-17)24(36)29-12-11-22(34)35/h5-16,23,32H,1-4H2,(H,29,36)(H,34,35)/b12-11+. The van der Waals surface area contributed by atoms with Gasteiger partial charge in [-0.2, -0.15) is 18.3 Å². The Hall–Kier alpha value is -4.15. The first-order valence-electron chi connectivity index (χ1n) is 11.4. The first-order valence-corrected chi connectivity index (χ1v) is 11.4. The van der Waals surface area contributed by atoms with Crippen LogP contribution in [0.5, 0.6) is 0 Å². The van der Waals surface area contributed by atoms with Crippen LogP contribution in [0.3, 0.4) is 0 Å². The fraction of sp³-hybridized carbons (Fsp3) is 0.280. The summed E-state index contributed by atoms with van der Waals surface area (Å²) in [5.74, 6) is -0.949. The van der Waals surface area contributed by atoms with Crippen molar-refractivity contribution in [1.82, 2.24) is 20.1 Å². The van der Waals surface area contributed by atoms with Gasteiger partial charge in [-0.05, 0) is 48.6 Å². The molecule has 2 heterocycles. The molecule has 1 amide bonds. The van der Waals surface area contributed by atoms with Crippen LogP contribution in [0, 0.1) is 5.92 Å². The molecule has 0 radical (unpaired) electrons. The number of nitrogens with zero attached hydrogens (tertiary/aromatic N) is 3. The highest BCUT2D eigenvalue weighted by atomic mass is 19.4. The smallest absolute Gasteiger partial charge is 0.419 e. The molecule has 1 saturated carbocycles. The predicted molar refractivity (Wildman–Crippen MR) is 125 cm³/mol. The number of carboxylic acids is 1.